The zero-order valence-electron chi connectivity index (χ0n) is 8.36. The molecule has 0 heterocycles. The minimum absolute atomic E-state index is 0. The summed E-state index contributed by atoms with van der Waals surface area (Å²) < 4.78 is 31.8. The third-order valence-electron chi connectivity index (χ3n) is 2.67. The molecule has 0 amide bonds. The van der Waals surface area contributed by atoms with Crippen LogP contribution in [0.2, 0.25) is 0 Å². The average Bonchev–Trinajstić information content (AvgIpc) is 2.37. The van der Waals surface area contributed by atoms with Crippen molar-refractivity contribution in [3.05, 3.63) is 0 Å². The van der Waals surface area contributed by atoms with E-state index < -0.39 is 21.0 Å². The van der Waals surface area contributed by atoms with Crippen LogP contribution in [0.5, 0.6) is 0 Å². The van der Waals surface area contributed by atoms with Crippen molar-refractivity contribution in [3.63, 3.8) is 0 Å². The summed E-state index contributed by atoms with van der Waals surface area (Å²) in [5.74, 6) is -0.424. The quantitative estimate of drug-likeness (QED) is 0.402. The molecule has 2 unspecified atom stereocenters. The van der Waals surface area contributed by atoms with Crippen LogP contribution in [0.4, 0.5) is 0 Å². The first kappa shape index (κ1) is 13.9. The Bertz CT molecular complexity index is 294. The molecule has 0 radical (unpaired) electrons. The van der Waals surface area contributed by atoms with Crippen molar-refractivity contribution in [2.75, 3.05) is 0 Å². The molecule has 0 spiro atoms. The molecule has 6 heteroatoms. The topological polar surface area (TPSA) is 77.4 Å². The van der Waals surface area contributed by atoms with Crippen molar-refractivity contribution in [1.82, 2.24) is 0 Å². The molecule has 0 aliphatic heterocycles. The second-order valence-corrected chi connectivity index (χ2v) is 5.99. The minimum atomic E-state index is -4.60. The molecule has 1 N–H and O–H groups in total. The summed E-state index contributed by atoms with van der Waals surface area (Å²) in [6, 6.07) is 0. The van der Waals surface area contributed by atoms with Crippen molar-refractivity contribution in [2.24, 2.45) is 11.3 Å². The van der Waals surface area contributed by atoms with Crippen molar-refractivity contribution in [3.8, 4) is 0 Å². The smallest absolute Gasteiger partial charge is 0.746 e. The van der Waals surface area contributed by atoms with Crippen LogP contribution in [-0.4, -0.2) is 23.0 Å². The molecular formula is C7H13NaO4S. The standard InChI is InChI=1S/C7H14O4S.Na/c1-6(2)4-5(6)7(3,8)12(9,10)11;/h5,8H,4H2,1-3H3,(H,9,10,11);/q;+1/p-1. The van der Waals surface area contributed by atoms with Gasteiger partial charge in [0.15, 0.2) is 4.93 Å². The maximum atomic E-state index is 10.6. The van der Waals surface area contributed by atoms with E-state index in [0.717, 1.165) is 6.92 Å². The van der Waals surface area contributed by atoms with Crippen LogP contribution < -0.4 is 29.6 Å². The second kappa shape index (κ2) is 3.47. The monoisotopic (exact) mass is 216 g/mol. The van der Waals surface area contributed by atoms with Gasteiger partial charge in [0.25, 0.3) is 0 Å². The van der Waals surface area contributed by atoms with Gasteiger partial charge in [-0.3, -0.25) is 0 Å². The Hall–Kier alpha value is 0.870. The molecule has 72 valence electrons. The molecule has 0 bridgehead atoms. The first-order valence-corrected chi connectivity index (χ1v) is 5.18. The predicted molar refractivity (Wildman–Crippen MR) is 42.2 cm³/mol. The van der Waals surface area contributed by atoms with Gasteiger partial charge in [0.05, 0.1) is 0 Å². The fourth-order valence-corrected chi connectivity index (χ4v) is 2.31. The van der Waals surface area contributed by atoms with E-state index >= 15 is 0 Å². The molecule has 13 heavy (non-hydrogen) atoms. The Balaban J connectivity index is 0.00000144. The van der Waals surface area contributed by atoms with Crippen LogP contribution >= 0.6 is 0 Å². The van der Waals surface area contributed by atoms with Gasteiger partial charge in [-0.2, -0.15) is 0 Å². The maximum absolute atomic E-state index is 10.6. The predicted octanol–water partition coefficient (Wildman–Crippen LogP) is -2.71. The first-order valence-electron chi connectivity index (χ1n) is 3.77. The van der Waals surface area contributed by atoms with Gasteiger partial charge in [-0.05, 0) is 18.8 Å². The molecule has 1 saturated carbocycles. The van der Waals surface area contributed by atoms with Crippen LogP contribution in [0.15, 0.2) is 0 Å². The minimum Gasteiger partial charge on any atom is -0.746 e. The van der Waals surface area contributed by atoms with E-state index in [0.29, 0.717) is 6.42 Å². The van der Waals surface area contributed by atoms with Crippen LogP contribution in [0.1, 0.15) is 27.2 Å². The largest absolute Gasteiger partial charge is 1.00 e. The Kier molecular flexibility index (Phi) is 3.70. The Morgan fingerprint density at radius 3 is 1.92 bits per heavy atom. The molecule has 4 nitrogen and oxygen atoms in total. The third-order valence-corrected chi connectivity index (χ3v) is 3.96. The summed E-state index contributed by atoms with van der Waals surface area (Å²) in [5.41, 5.74) is -0.221. The number of aliphatic hydroxyl groups is 1. The van der Waals surface area contributed by atoms with E-state index in [1.807, 2.05) is 13.8 Å². The van der Waals surface area contributed by atoms with E-state index in [9.17, 15) is 18.1 Å². The summed E-state index contributed by atoms with van der Waals surface area (Å²) in [6.07, 6.45) is 0.585. The number of rotatable bonds is 2. The zero-order valence-corrected chi connectivity index (χ0v) is 11.2. The van der Waals surface area contributed by atoms with Gasteiger partial charge in [0.1, 0.15) is 10.1 Å². The van der Waals surface area contributed by atoms with Crippen molar-refractivity contribution < 1.29 is 47.6 Å². The van der Waals surface area contributed by atoms with Crippen molar-refractivity contribution in [1.29, 1.82) is 0 Å². The fourth-order valence-electron chi connectivity index (χ4n) is 1.56. The molecule has 0 aromatic carbocycles. The van der Waals surface area contributed by atoms with E-state index in [2.05, 4.69) is 0 Å². The molecule has 1 fully saturated rings. The van der Waals surface area contributed by atoms with Gasteiger partial charge in [-0.25, -0.2) is 8.42 Å². The van der Waals surface area contributed by atoms with Crippen molar-refractivity contribution >= 4 is 10.1 Å². The third kappa shape index (κ3) is 2.46. The summed E-state index contributed by atoms with van der Waals surface area (Å²) in [6.45, 7) is 4.74. The van der Waals surface area contributed by atoms with Crippen molar-refractivity contribution in [2.45, 2.75) is 32.1 Å². The van der Waals surface area contributed by atoms with Gasteiger partial charge in [0, 0.05) is 5.92 Å². The Morgan fingerprint density at radius 2 is 1.85 bits per heavy atom. The van der Waals surface area contributed by atoms with Gasteiger partial charge >= 0.3 is 29.6 Å². The van der Waals surface area contributed by atoms with Crippen LogP contribution in [0, 0.1) is 11.3 Å². The second-order valence-electron chi connectivity index (χ2n) is 4.25. The van der Waals surface area contributed by atoms with Crippen LogP contribution in [0.3, 0.4) is 0 Å². The average molecular weight is 216 g/mol. The van der Waals surface area contributed by atoms with Crippen LogP contribution in [-0.2, 0) is 10.1 Å². The van der Waals surface area contributed by atoms with E-state index in [-0.39, 0.29) is 35.0 Å². The SMILES string of the molecule is CC1(C)CC1C(C)(O)S(=O)(=O)[O-].[Na+]. The first-order chi connectivity index (χ1) is 5.09. The van der Waals surface area contributed by atoms with Gasteiger partial charge < -0.3 is 9.66 Å². The molecular weight excluding hydrogens is 203 g/mol. The molecule has 2 atom stereocenters. The Morgan fingerprint density at radius 1 is 1.54 bits per heavy atom. The summed E-state index contributed by atoms with van der Waals surface area (Å²) >= 11 is 0. The summed E-state index contributed by atoms with van der Waals surface area (Å²) in [7, 11) is -4.60. The molecule has 0 aromatic rings. The van der Waals surface area contributed by atoms with Gasteiger partial charge in [-0.1, -0.05) is 13.8 Å². The van der Waals surface area contributed by atoms with Crippen LogP contribution in [0.25, 0.3) is 0 Å². The van der Waals surface area contributed by atoms with E-state index in [4.69, 9.17) is 0 Å². The van der Waals surface area contributed by atoms with Gasteiger partial charge in [-0.15, -0.1) is 0 Å². The molecule has 1 rings (SSSR count). The summed E-state index contributed by atoms with van der Waals surface area (Å²) in [4.78, 5) is -2.10. The van der Waals surface area contributed by atoms with Gasteiger partial charge in [0.2, 0.25) is 0 Å². The fraction of sp³-hybridized carbons (Fsp3) is 1.00. The molecule has 0 saturated heterocycles. The number of hydrogen-bond donors (Lipinski definition) is 1. The van der Waals surface area contributed by atoms with E-state index in [1.54, 1.807) is 0 Å². The van der Waals surface area contributed by atoms with E-state index in [1.165, 1.54) is 0 Å². The maximum Gasteiger partial charge on any atom is 1.00 e. The Labute approximate surface area is 101 Å². The summed E-state index contributed by atoms with van der Waals surface area (Å²) in [5, 5.41) is 9.43. The molecule has 0 aromatic heterocycles. The number of hydrogen-bond acceptors (Lipinski definition) is 4. The molecule has 1 aliphatic rings. The molecule has 1 aliphatic carbocycles. The normalized spacial score (nSPS) is 30.1. The zero-order chi connectivity index (χ0) is 9.78.